The number of pyridine rings is 1. The summed E-state index contributed by atoms with van der Waals surface area (Å²) >= 11 is 1.52. The zero-order valence-electron chi connectivity index (χ0n) is 17.0. The molecule has 0 saturated carbocycles. The van der Waals surface area contributed by atoms with E-state index in [2.05, 4.69) is 20.1 Å². The molecule has 1 N–H and O–H groups in total. The summed E-state index contributed by atoms with van der Waals surface area (Å²) in [6, 6.07) is 7.26. The van der Waals surface area contributed by atoms with Crippen LogP contribution < -0.4 is 0 Å². The van der Waals surface area contributed by atoms with Crippen molar-refractivity contribution in [2.75, 3.05) is 26.2 Å². The third-order valence-electron chi connectivity index (χ3n) is 5.38. The second-order valence-electron chi connectivity index (χ2n) is 7.33. The summed E-state index contributed by atoms with van der Waals surface area (Å²) in [5.41, 5.74) is 0.531. The molecule has 0 spiro atoms. The topological polar surface area (TPSA) is 125 Å². The largest absolute Gasteiger partial charge is 0.345 e. The van der Waals surface area contributed by atoms with Crippen LogP contribution >= 0.6 is 11.3 Å². The van der Waals surface area contributed by atoms with Crippen molar-refractivity contribution in [2.24, 2.45) is 0 Å². The van der Waals surface area contributed by atoms with Gasteiger partial charge < -0.3 is 14.4 Å². The number of rotatable bonds is 6. The number of carbonyl (C=O) groups is 1. The molecule has 1 saturated heterocycles. The fourth-order valence-corrected chi connectivity index (χ4v) is 5.92. The predicted molar refractivity (Wildman–Crippen MR) is 117 cm³/mol. The van der Waals surface area contributed by atoms with E-state index in [9.17, 15) is 13.2 Å². The number of nitrogens with one attached hydrogen (secondary N) is 1. The molecule has 1 amide bonds. The number of nitrogens with zero attached hydrogens (tertiary/aromatic N) is 5. The number of thiophene rings is 1. The number of hydrogen-bond donors (Lipinski definition) is 1. The molecule has 1 aliphatic heterocycles. The second kappa shape index (κ2) is 8.45. The number of piperazine rings is 1. The summed E-state index contributed by atoms with van der Waals surface area (Å²) in [5.74, 6) is 0.874. The maximum Gasteiger partial charge on any atom is 0.245 e. The molecule has 0 radical (unpaired) electrons. The number of carbonyl (C=O) groups excluding carboxylic acids is 1. The number of aryl methyl sites for hydroxylation is 1. The molecule has 0 aromatic carbocycles. The number of sulfonamides is 1. The van der Waals surface area contributed by atoms with Crippen molar-refractivity contribution in [3.63, 3.8) is 0 Å². The lowest BCUT2D eigenvalue weighted by atomic mass is 10.2. The average molecular weight is 473 g/mol. The Morgan fingerprint density at radius 3 is 2.81 bits per heavy atom. The van der Waals surface area contributed by atoms with E-state index < -0.39 is 10.0 Å². The summed E-state index contributed by atoms with van der Waals surface area (Å²) in [6.07, 6.45) is 3.65. The van der Waals surface area contributed by atoms with E-state index >= 15 is 0 Å². The van der Waals surface area contributed by atoms with Gasteiger partial charge in [0, 0.05) is 56.8 Å². The van der Waals surface area contributed by atoms with Gasteiger partial charge in [0.05, 0.1) is 4.88 Å². The van der Waals surface area contributed by atoms with Gasteiger partial charge in [0.25, 0.3) is 0 Å². The highest BCUT2D eigenvalue weighted by atomic mass is 32.2. The van der Waals surface area contributed by atoms with Gasteiger partial charge in [0.1, 0.15) is 10.5 Å². The number of H-pyrrole nitrogens is 1. The number of fused-ring (bicyclic) bond motifs is 1. The Morgan fingerprint density at radius 2 is 2.03 bits per heavy atom. The maximum atomic E-state index is 13.1. The van der Waals surface area contributed by atoms with Crippen LogP contribution in [0.4, 0.5) is 0 Å². The highest BCUT2D eigenvalue weighted by Crippen LogP contribution is 2.25. The molecule has 0 aliphatic carbocycles. The van der Waals surface area contributed by atoms with E-state index in [-0.39, 0.29) is 30.3 Å². The van der Waals surface area contributed by atoms with Crippen molar-refractivity contribution in [2.45, 2.75) is 17.7 Å². The predicted octanol–water partition coefficient (Wildman–Crippen LogP) is 2.14. The SMILES string of the molecule is O=C(CCc1nc(-c2cccs2)no1)N1CCN(S(=O)(=O)c2c[nH]c3ncccc23)CC1. The number of hydrogen-bond acceptors (Lipinski definition) is 8. The number of aromatic nitrogens is 4. The van der Waals surface area contributed by atoms with Crippen LogP contribution in [0.1, 0.15) is 12.3 Å². The molecular formula is C20H20N6O4S2. The minimum Gasteiger partial charge on any atom is -0.345 e. The van der Waals surface area contributed by atoms with Crippen molar-refractivity contribution in [3.8, 4) is 10.7 Å². The highest BCUT2D eigenvalue weighted by Gasteiger charge is 2.32. The molecule has 0 bridgehead atoms. The van der Waals surface area contributed by atoms with Crippen LogP contribution in [-0.4, -0.2) is 69.8 Å². The summed E-state index contributed by atoms with van der Waals surface area (Å²) in [5, 5.41) is 6.45. The molecule has 1 fully saturated rings. The monoisotopic (exact) mass is 472 g/mol. The molecule has 166 valence electrons. The van der Waals surface area contributed by atoms with Crippen molar-refractivity contribution in [3.05, 3.63) is 47.9 Å². The van der Waals surface area contributed by atoms with Gasteiger partial charge in [-0.1, -0.05) is 11.2 Å². The zero-order valence-corrected chi connectivity index (χ0v) is 18.6. The van der Waals surface area contributed by atoms with E-state index in [1.165, 1.54) is 21.8 Å². The highest BCUT2D eigenvalue weighted by molar-refractivity contribution is 7.89. The van der Waals surface area contributed by atoms with Crippen molar-refractivity contribution >= 4 is 38.3 Å². The first-order valence-corrected chi connectivity index (χ1v) is 12.4. The first kappa shape index (κ1) is 20.8. The molecular weight excluding hydrogens is 452 g/mol. The molecule has 0 atom stereocenters. The maximum absolute atomic E-state index is 13.1. The smallest absolute Gasteiger partial charge is 0.245 e. The lowest BCUT2D eigenvalue weighted by molar-refractivity contribution is -0.132. The van der Waals surface area contributed by atoms with Gasteiger partial charge in [0.2, 0.25) is 27.6 Å². The fourth-order valence-electron chi connectivity index (χ4n) is 3.70. The van der Waals surface area contributed by atoms with Crippen LogP contribution in [0.5, 0.6) is 0 Å². The molecule has 0 unspecified atom stereocenters. The van der Waals surface area contributed by atoms with Gasteiger partial charge in [-0.2, -0.15) is 9.29 Å². The average Bonchev–Trinajstić information content (AvgIpc) is 3.58. The minimum absolute atomic E-state index is 0.0609. The summed E-state index contributed by atoms with van der Waals surface area (Å²) in [6.45, 7) is 1.15. The van der Waals surface area contributed by atoms with E-state index in [0.717, 1.165) is 4.88 Å². The molecule has 5 heterocycles. The molecule has 4 aromatic rings. The Bertz CT molecular complexity index is 1340. The Balaban J connectivity index is 1.18. The van der Waals surface area contributed by atoms with Gasteiger partial charge in [0.15, 0.2) is 0 Å². The Kier molecular flexibility index (Phi) is 5.49. The molecule has 10 nitrogen and oxygen atoms in total. The van der Waals surface area contributed by atoms with Gasteiger partial charge in [-0.05, 0) is 23.6 Å². The van der Waals surface area contributed by atoms with Gasteiger partial charge >= 0.3 is 0 Å². The van der Waals surface area contributed by atoms with Gasteiger partial charge in [-0.25, -0.2) is 13.4 Å². The molecule has 5 rings (SSSR count). The van der Waals surface area contributed by atoms with E-state index in [1.54, 1.807) is 23.2 Å². The van der Waals surface area contributed by atoms with Crippen LogP contribution in [0, 0.1) is 0 Å². The van der Waals surface area contributed by atoms with Crippen LogP contribution in [-0.2, 0) is 21.2 Å². The van der Waals surface area contributed by atoms with Crippen LogP contribution in [0.3, 0.4) is 0 Å². The van der Waals surface area contributed by atoms with Crippen molar-refractivity contribution < 1.29 is 17.7 Å². The standard InChI is InChI=1S/C20H20N6O4S2/c27-18(6-5-17-23-20(24-30-17)15-4-2-12-31-15)25-8-10-26(11-9-25)32(28,29)16-13-22-19-14(16)3-1-7-21-19/h1-4,7,12-13H,5-6,8-11H2,(H,21,22). The van der Waals surface area contributed by atoms with Crippen LogP contribution in [0.2, 0.25) is 0 Å². The van der Waals surface area contributed by atoms with Crippen LogP contribution in [0.25, 0.3) is 21.7 Å². The summed E-state index contributed by atoms with van der Waals surface area (Å²) < 4.78 is 32.9. The fraction of sp³-hybridized carbons (Fsp3) is 0.300. The van der Waals surface area contributed by atoms with E-state index in [1.807, 2.05) is 17.5 Å². The van der Waals surface area contributed by atoms with Crippen molar-refractivity contribution in [1.29, 1.82) is 0 Å². The minimum atomic E-state index is -3.68. The molecule has 32 heavy (non-hydrogen) atoms. The first-order chi connectivity index (χ1) is 15.5. The van der Waals surface area contributed by atoms with Crippen molar-refractivity contribution in [1.82, 2.24) is 29.3 Å². The Morgan fingerprint density at radius 1 is 1.19 bits per heavy atom. The third kappa shape index (κ3) is 3.92. The van der Waals surface area contributed by atoms with E-state index in [0.29, 0.717) is 42.3 Å². The van der Waals surface area contributed by atoms with Gasteiger partial charge in [-0.15, -0.1) is 11.3 Å². The number of amides is 1. The molecule has 12 heteroatoms. The molecule has 4 aromatic heterocycles. The Hall–Kier alpha value is -3.09. The lowest BCUT2D eigenvalue weighted by Gasteiger charge is -2.33. The van der Waals surface area contributed by atoms with Crippen LogP contribution in [0.15, 0.2) is 51.5 Å². The number of aromatic amines is 1. The quantitative estimate of drug-likeness (QED) is 0.456. The van der Waals surface area contributed by atoms with E-state index in [4.69, 9.17) is 4.52 Å². The zero-order chi connectivity index (χ0) is 22.1. The first-order valence-electron chi connectivity index (χ1n) is 10.1. The summed E-state index contributed by atoms with van der Waals surface area (Å²) in [4.78, 5) is 26.8. The lowest BCUT2D eigenvalue weighted by Crippen LogP contribution is -2.50. The Labute approximate surface area is 187 Å². The second-order valence-corrected chi connectivity index (χ2v) is 10.2. The molecule has 1 aliphatic rings. The van der Waals surface area contributed by atoms with Gasteiger partial charge in [-0.3, -0.25) is 4.79 Å². The summed E-state index contributed by atoms with van der Waals surface area (Å²) in [7, 11) is -3.68. The third-order valence-corrected chi connectivity index (χ3v) is 8.19. The normalized spacial score (nSPS) is 15.4.